The van der Waals surface area contributed by atoms with Crippen molar-refractivity contribution in [3.63, 3.8) is 0 Å². The van der Waals surface area contributed by atoms with Crippen LogP contribution in [-0.4, -0.2) is 6.29 Å². The molecule has 2 nitrogen and oxygen atoms in total. The molecule has 4 aromatic rings. The van der Waals surface area contributed by atoms with Crippen LogP contribution in [0.25, 0.3) is 21.9 Å². The third-order valence-electron chi connectivity index (χ3n) is 5.25. The molecule has 0 aromatic heterocycles. The average molecular weight is 398 g/mol. The van der Waals surface area contributed by atoms with E-state index < -0.39 is 0 Å². The molecule has 150 valence electrons. The largest absolute Gasteiger partial charge is 0.456 e. The van der Waals surface area contributed by atoms with Gasteiger partial charge >= 0.3 is 0 Å². The summed E-state index contributed by atoms with van der Waals surface area (Å²) in [7, 11) is 0. The number of ether oxygens (including phenoxy) is 1. The highest BCUT2D eigenvalue weighted by Crippen LogP contribution is 2.42. The Hall–Kier alpha value is -3.46. The number of carbonyl (C=O) groups is 1. The van der Waals surface area contributed by atoms with E-state index in [1.54, 1.807) is 36.4 Å². The molecule has 0 fully saturated rings. The third-order valence-corrected chi connectivity index (χ3v) is 5.25. The molecule has 0 spiro atoms. The zero-order valence-electron chi connectivity index (χ0n) is 16.9. The Bertz CT molecular complexity index is 1160. The summed E-state index contributed by atoms with van der Waals surface area (Å²) in [5.41, 5.74) is 3.69. The Labute approximate surface area is 175 Å². The number of aldehydes is 1. The number of unbranched alkanes of at least 4 members (excludes halogenated alkanes) is 1. The second-order valence-electron chi connectivity index (χ2n) is 7.36. The van der Waals surface area contributed by atoms with Crippen molar-refractivity contribution < 1.29 is 13.9 Å². The van der Waals surface area contributed by atoms with Crippen LogP contribution in [0.15, 0.2) is 78.9 Å². The lowest BCUT2D eigenvalue weighted by molar-refractivity contribution is 0.112. The summed E-state index contributed by atoms with van der Waals surface area (Å²) in [6, 6.07) is 24.0. The highest BCUT2D eigenvalue weighted by molar-refractivity contribution is 5.97. The summed E-state index contributed by atoms with van der Waals surface area (Å²) in [4.78, 5) is 11.0. The first-order valence-corrected chi connectivity index (χ1v) is 10.2. The summed E-state index contributed by atoms with van der Waals surface area (Å²) < 4.78 is 20.0. The number of halogens is 1. The minimum absolute atomic E-state index is 0.262. The number of hydrogen-bond donors (Lipinski definition) is 0. The van der Waals surface area contributed by atoms with E-state index in [0.717, 1.165) is 53.2 Å². The van der Waals surface area contributed by atoms with E-state index in [4.69, 9.17) is 4.74 Å². The molecular weight excluding hydrogens is 375 g/mol. The van der Waals surface area contributed by atoms with Gasteiger partial charge in [-0.05, 0) is 65.8 Å². The second-order valence-corrected chi connectivity index (χ2v) is 7.36. The molecule has 4 aromatic carbocycles. The van der Waals surface area contributed by atoms with Crippen LogP contribution in [0.4, 0.5) is 4.39 Å². The van der Waals surface area contributed by atoms with Gasteiger partial charge in [-0.15, -0.1) is 0 Å². The van der Waals surface area contributed by atoms with E-state index in [1.807, 2.05) is 18.2 Å². The topological polar surface area (TPSA) is 26.3 Å². The normalized spacial score (nSPS) is 10.9. The standard InChI is InChI=1S/C27H23FO2/c1-2-3-6-22-17-21-7-4-5-8-25(21)27(26(22)20-11-13-23(28)14-12-20)30-24-15-9-19(18-29)10-16-24/h4-5,7-18H,2-3,6H2,1H3. The van der Waals surface area contributed by atoms with E-state index in [1.165, 1.54) is 17.7 Å². The average Bonchev–Trinajstić information content (AvgIpc) is 2.79. The Balaban J connectivity index is 1.94. The van der Waals surface area contributed by atoms with Crippen LogP contribution in [0.5, 0.6) is 11.5 Å². The van der Waals surface area contributed by atoms with Crippen LogP contribution >= 0.6 is 0 Å². The van der Waals surface area contributed by atoms with Crippen molar-refractivity contribution in [2.75, 3.05) is 0 Å². The molecule has 0 bridgehead atoms. The first kappa shape index (κ1) is 19.8. The molecular formula is C27H23FO2. The highest BCUT2D eigenvalue weighted by Gasteiger charge is 2.17. The summed E-state index contributed by atoms with van der Waals surface area (Å²) in [5.74, 6) is 1.15. The molecule has 0 aliphatic rings. The minimum atomic E-state index is -0.262. The van der Waals surface area contributed by atoms with Gasteiger partial charge in [-0.2, -0.15) is 0 Å². The summed E-state index contributed by atoms with van der Waals surface area (Å²) in [6.45, 7) is 2.17. The van der Waals surface area contributed by atoms with Crippen LogP contribution in [0.2, 0.25) is 0 Å². The number of aryl methyl sites for hydroxylation is 1. The first-order chi connectivity index (χ1) is 14.7. The lowest BCUT2D eigenvalue weighted by Crippen LogP contribution is -1.97. The lowest BCUT2D eigenvalue weighted by atomic mass is 9.91. The van der Waals surface area contributed by atoms with Crippen molar-refractivity contribution in [1.82, 2.24) is 0 Å². The summed E-state index contributed by atoms with van der Waals surface area (Å²) >= 11 is 0. The van der Waals surface area contributed by atoms with Crippen molar-refractivity contribution >= 4 is 17.1 Å². The van der Waals surface area contributed by atoms with Crippen LogP contribution < -0.4 is 4.74 Å². The number of rotatable bonds is 7. The van der Waals surface area contributed by atoms with E-state index in [0.29, 0.717) is 11.3 Å². The molecule has 0 N–H and O–H groups in total. The molecule has 30 heavy (non-hydrogen) atoms. The molecule has 3 heteroatoms. The van der Waals surface area contributed by atoms with Crippen molar-refractivity contribution in [2.45, 2.75) is 26.2 Å². The molecule has 0 unspecified atom stereocenters. The number of benzene rings is 4. The predicted octanol–water partition coefficient (Wildman–Crippen LogP) is 7.59. The first-order valence-electron chi connectivity index (χ1n) is 10.2. The SMILES string of the molecule is CCCCc1cc2ccccc2c(Oc2ccc(C=O)cc2)c1-c1ccc(F)cc1. The fourth-order valence-electron chi connectivity index (χ4n) is 3.71. The highest BCUT2D eigenvalue weighted by atomic mass is 19.1. The van der Waals surface area contributed by atoms with Gasteiger partial charge in [0.05, 0.1) is 0 Å². The zero-order valence-corrected chi connectivity index (χ0v) is 16.9. The molecule has 0 amide bonds. The molecule has 0 saturated carbocycles. The fraction of sp³-hybridized carbons (Fsp3) is 0.148. The van der Waals surface area contributed by atoms with E-state index in [2.05, 4.69) is 19.1 Å². The molecule has 0 saturated heterocycles. The van der Waals surface area contributed by atoms with Crippen molar-refractivity contribution in [2.24, 2.45) is 0 Å². The lowest BCUT2D eigenvalue weighted by Gasteiger charge is -2.19. The van der Waals surface area contributed by atoms with Gasteiger partial charge in [0.25, 0.3) is 0 Å². The van der Waals surface area contributed by atoms with Crippen molar-refractivity contribution in [1.29, 1.82) is 0 Å². The number of hydrogen-bond acceptors (Lipinski definition) is 2. The van der Waals surface area contributed by atoms with Crippen LogP contribution in [-0.2, 0) is 6.42 Å². The summed E-state index contributed by atoms with van der Waals surface area (Å²) in [6.07, 6.45) is 3.86. The van der Waals surface area contributed by atoms with E-state index in [-0.39, 0.29) is 5.82 Å². The quantitative estimate of drug-likeness (QED) is 0.300. The fourth-order valence-corrected chi connectivity index (χ4v) is 3.71. The second kappa shape index (κ2) is 8.91. The maximum absolute atomic E-state index is 13.6. The monoisotopic (exact) mass is 398 g/mol. The minimum Gasteiger partial charge on any atom is -0.456 e. The maximum atomic E-state index is 13.6. The molecule has 0 aliphatic carbocycles. The predicted molar refractivity (Wildman–Crippen MR) is 120 cm³/mol. The molecule has 4 rings (SSSR count). The Kier molecular flexibility index (Phi) is 5.89. The third kappa shape index (κ3) is 4.11. The van der Waals surface area contributed by atoms with Gasteiger partial charge in [0.1, 0.15) is 23.6 Å². The maximum Gasteiger partial charge on any atom is 0.150 e. The van der Waals surface area contributed by atoms with Gasteiger partial charge in [0.15, 0.2) is 0 Å². The summed E-state index contributed by atoms with van der Waals surface area (Å²) in [5, 5.41) is 2.10. The van der Waals surface area contributed by atoms with Gasteiger partial charge < -0.3 is 4.74 Å². The molecule has 0 aliphatic heterocycles. The van der Waals surface area contributed by atoms with Gasteiger partial charge in [-0.3, -0.25) is 4.79 Å². The van der Waals surface area contributed by atoms with Crippen LogP contribution in [0.3, 0.4) is 0 Å². The van der Waals surface area contributed by atoms with E-state index >= 15 is 0 Å². The van der Waals surface area contributed by atoms with E-state index in [9.17, 15) is 9.18 Å². The molecule has 0 radical (unpaired) electrons. The molecule has 0 atom stereocenters. The van der Waals surface area contributed by atoms with Crippen molar-refractivity contribution in [3.8, 4) is 22.6 Å². The Morgan fingerprint density at radius 3 is 2.37 bits per heavy atom. The molecule has 0 heterocycles. The Morgan fingerprint density at radius 1 is 0.933 bits per heavy atom. The number of fused-ring (bicyclic) bond motifs is 1. The van der Waals surface area contributed by atoms with Crippen LogP contribution in [0, 0.1) is 5.82 Å². The van der Waals surface area contributed by atoms with Gasteiger partial charge in [-0.25, -0.2) is 4.39 Å². The van der Waals surface area contributed by atoms with Gasteiger partial charge in [0, 0.05) is 16.5 Å². The smallest absolute Gasteiger partial charge is 0.150 e. The van der Waals surface area contributed by atoms with Crippen LogP contribution in [0.1, 0.15) is 35.7 Å². The van der Waals surface area contributed by atoms with Gasteiger partial charge in [-0.1, -0.05) is 55.8 Å². The Morgan fingerprint density at radius 2 is 1.67 bits per heavy atom. The van der Waals surface area contributed by atoms with Crippen molar-refractivity contribution in [3.05, 3.63) is 95.8 Å². The van der Waals surface area contributed by atoms with Gasteiger partial charge in [0.2, 0.25) is 0 Å². The number of carbonyl (C=O) groups excluding carboxylic acids is 1. The zero-order chi connectivity index (χ0) is 20.9.